The van der Waals surface area contributed by atoms with Gasteiger partial charge in [-0.1, -0.05) is 36.4 Å². The van der Waals surface area contributed by atoms with Gasteiger partial charge in [0.25, 0.3) is 0 Å². The van der Waals surface area contributed by atoms with Crippen molar-refractivity contribution in [1.82, 2.24) is 0 Å². The first-order chi connectivity index (χ1) is 12.7. The Balaban J connectivity index is 1.84. The number of carbonyl (C=O) groups is 1. The molecular formula is C21H19NO4. The van der Waals surface area contributed by atoms with Crippen molar-refractivity contribution in [2.75, 3.05) is 13.7 Å². The van der Waals surface area contributed by atoms with E-state index < -0.39 is 5.97 Å². The van der Waals surface area contributed by atoms with Gasteiger partial charge < -0.3 is 14.2 Å². The molecule has 0 aromatic heterocycles. The highest BCUT2D eigenvalue weighted by Crippen LogP contribution is 2.24. The minimum Gasteiger partial charge on any atom is -0.496 e. The molecule has 3 rings (SSSR count). The summed E-state index contributed by atoms with van der Waals surface area (Å²) >= 11 is 0. The van der Waals surface area contributed by atoms with Crippen molar-refractivity contribution in [3.63, 3.8) is 0 Å². The zero-order valence-electron chi connectivity index (χ0n) is 14.6. The van der Waals surface area contributed by atoms with E-state index in [9.17, 15) is 4.79 Å². The third kappa shape index (κ3) is 4.00. The van der Waals surface area contributed by atoms with Gasteiger partial charge in [-0.15, -0.1) is 0 Å². The number of cyclic esters (lactones) is 1. The van der Waals surface area contributed by atoms with Gasteiger partial charge in [0.1, 0.15) is 11.5 Å². The Kier molecular flexibility index (Phi) is 5.49. The Morgan fingerprint density at radius 1 is 1.00 bits per heavy atom. The number of benzene rings is 2. The summed E-state index contributed by atoms with van der Waals surface area (Å²) in [4.78, 5) is 16.3. The second-order valence-corrected chi connectivity index (χ2v) is 5.42. The first kappa shape index (κ1) is 17.5. The highest BCUT2D eigenvalue weighted by molar-refractivity contribution is 6.11. The normalized spacial score (nSPS) is 15.2. The fourth-order valence-corrected chi connectivity index (χ4v) is 2.50. The van der Waals surface area contributed by atoms with Crippen molar-refractivity contribution < 1.29 is 19.0 Å². The molecule has 0 unspecified atom stereocenters. The molecule has 5 nitrogen and oxygen atoms in total. The van der Waals surface area contributed by atoms with Crippen LogP contribution in [0.2, 0.25) is 0 Å². The van der Waals surface area contributed by atoms with E-state index in [1.165, 1.54) is 0 Å². The van der Waals surface area contributed by atoms with Crippen LogP contribution in [0.4, 0.5) is 0 Å². The van der Waals surface area contributed by atoms with E-state index in [0.29, 0.717) is 12.4 Å². The summed E-state index contributed by atoms with van der Waals surface area (Å²) in [7, 11) is 1.61. The Bertz CT molecular complexity index is 896. The number of hydrogen-bond acceptors (Lipinski definition) is 5. The van der Waals surface area contributed by atoms with Crippen molar-refractivity contribution in [3.8, 4) is 11.5 Å². The average molecular weight is 349 g/mol. The van der Waals surface area contributed by atoms with Crippen LogP contribution in [0.15, 0.2) is 65.3 Å². The summed E-state index contributed by atoms with van der Waals surface area (Å²) in [6, 6.07) is 15.0. The minimum absolute atomic E-state index is 0.233. The summed E-state index contributed by atoms with van der Waals surface area (Å²) in [6.45, 7) is 2.45. The van der Waals surface area contributed by atoms with Gasteiger partial charge in [-0.2, -0.15) is 0 Å². The lowest BCUT2D eigenvalue weighted by Gasteiger charge is -2.06. The molecular weight excluding hydrogens is 330 g/mol. The van der Waals surface area contributed by atoms with Crippen molar-refractivity contribution in [1.29, 1.82) is 0 Å². The van der Waals surface area contributed by atoms with E-state index >= 15 is 0 Å². The summed E-state index contributed by atoms with van der Waals surface area (Å²) < 4.78 is 16.1. The summed E-state index contributed by atoms with van der Waals surface area (Å²) in [5.74, 6) is 1.18. The Labute approximate surface area is 152 Å². The molecule has 0 amide bonds. The fraction of sp³-hybridized carbons (Fsp3) is 0.143. The summed E-state index contributed by atoms with van der Waals surface area (Å²) in [5, 5.41) is 0. The molecule has 1 aliphatic heterocycles. The number of methoxy groups -OCH3 is 1. The zero-order valence-corrected chi connectivity index (χ0v) is 14.6. The van der Waals surface area contributed by atoms with E-state index in [-0.39, 0.29) is 11.6 Å². The van der Waals surface area contributed by atoms with Crippen LogP contribution in [0.25, 0.3) is 12.2 Å². The fourth-order valence-electron chi connectivity index (χ4n) is 2.50. The minimum atomic E-state index is -0.490. The number of ether oxygens (including phenoxy) is 3. The van der Waals surface area contributed by atoms with Gasteiger partial charge in [0.2, 0.25) is 5.90 Å². The topological polar surface area (TPSA) is 57.1 Å². The lowest BCUT2D eigenvalue weighted by Crippen LogP contribution is -2.01. The Morgan fingerprint density at radius 3 is 2.42 bits per heavy atom. The zero-order chi connectivity index (χ0) is 18.4. The molecule has 0 saturated carbocycles. The predicted molar refractivity (Wildman–Crippen MR) is 101 cm³/mol. The number of carbonyl (C=O) groups excluding carboxylic acids is 1. The maximum atomic E-state index is 12.1. The number of rotatable bonds is 6. The van der Waals surface area contributed by atoms with Gasteiger partial charge >= 0.3 is 5.97 Å². The average Bonchev–Trinajstić information content (AvgIpc) is 3.01. The molecule has 0 N–H and O–H groups in total. The van der Waals surface area contributed by atoms with E-state index in [1.807, 2.05) is 55.5 Å². The first-order valence-electron chi connectivity index (χ1n) is 8.26. The maximum absolute atomic E-state index is 12.1. The third-order valence-corrected chi connectivity index (χ3v) is 3.69. The van der Waals surface area contributed by atoms with Gasteiger partial charge in [-0.05, 0) is 31.2 Å². The molecule has 2 aromatic rings. The Morgan fingerprint density at radius 2 is 1.69 bits per heavy atom. The van der Waals surface area contributed by atoms with Crippen molar-refractivity contribution >= 4 is 24.0 Å². The molecule has 0 spiro atoms. The molecule has 0 saturated heterocycles. The molecule has 0 fully saturated rings. The molecule has 26 heavy (non-hydrogen) atoms. The van der Waals surface area contributed by atoms with Gasteiger partial charge in [-0.3, -0.25) is 0 Å². The maximum Gasteiger partial charge on any atom is 0.363 e. The molecule has 0 aliphatic carbocycles. The van der Waals surface area contributed by atoms with Crippen molar-refractivity contribution in [3.05, 3.63) is 71.4 Å². The lowest BCUT2D eigenvalue weighted by atomic mass is 10.1. The number of aliphatic imine (C=N–C) groups is 1. The van der Waals surface area contributed by atoms with Crippen LogP contribution in [0, 0.1) is 0 Å². The van der Waals surface area contributed by atoms with E-state index in [2.05, 4.69) is 4.99 Å². The number of esters is 1. The smallest absolute Gasteiger partial charge is 0.363 e. The molecule has 1 aliphatic rings. The van der Waals surface area contributed by atoms with Crippen molar-refractivity contribution in [2.45, 2.75) is 6.92 Å². The van der Waals surface area contributed by atoms with Gasteiger partial charge in [0, 0.05) is 17.2 Å². The highest BCUT2D eigenvalue weighted by atomic mass is 16.6. The van der Waals surface area contributed by atoms with Crippen LogP contribution in [0.3, 0.4) is 0 Å². The second kappa shape index (κ2) is 8.16. The van der Waals surface area contributed by atoms with Crippen LogP contribution in [0.1, 0.15) is 18.1 Å². The highest BCUT2D eigenvalue weighted by Gasteiger charge is 2.21. The van der Waals surface area contributed by atoms with Crippen LogP contribution in [-0.4, -0.2) is 25.6 Å². The van der Waals surface area contributed by atoms with Crippen LogP contribution in [0.5, 0.6) is 11.5 Å². The molecule has 1 heterocycles. The lowest BCUT2D eigenvalue weighted by molar-refractivity contribution is -0.129. The van der Waals surface area contributed by atoms with Gasteiger partial charge in [0.15, 0.2) is 5.70 Å². The molecule has 0 bridgehead atoms. The Hall–Kier alpha value is -3.34. The summed E-state index contributed by atoms with van der Waals surface area (Å²) in [6.07, 6.45) is 5.10. The van der Waals surface area contributed by atoms with Gasteiger partial charge in [0.05, 0.1) is 13.7 Å². The SMILES string of the molecule is CCOc1ccccc1/C=C1N=C(/C=C/c2ccccc2OC)OC\1=O. The standard InChI is InChI=1S/C21H19NO4/c1-3-25-19-11-7-5-9-16(19)14-17-21(23)26-20(22-17)13-12-15-8-4-6-10-18(15)24-2/h4-14H,3H2,1-2H3/b13-12+,17-14-. The second-order valence-electron chi connectivity index (χ2n) is 5.42. The molecule has 2 aromatic carbocycles. The van der Waals surface area contributed by atoms with Crippen molar-refractivity contribution in [2.24, 2.45) is 4.99 Å². The van der Waals surface area contributed by atoms with Crippen LogP contribution < -0.4 is 9.47 Å². The van der Waals surface area contributed by atoms with Crippen LogP contribution in [-0.2, 0) is 9.53 Å². The number of nitrogens with zero attached hydrogens (tertiary/aromatic N) is 1. The van der Waals surface area contributed by atoms with E-state index in [1.54, 1.807) is 25.3 Å². The molecule has 0 atom stereocenters. The monoisotopic (exact) mass is 349 g/mol. The third-order valence-electron chi connectivity index (χ3n) is 3.69. The van der Waals surface area contributed by atoms with E-state index in [4.69, 9.17) is 14.2 Å². The van der Waals surface area contributed by atoms with E-state index in [0.717, 1.165) is 16.9 Å². The largest absolute Gasteiger partial charge is 0.496 e. The predicted octanol–water partition coefficient (Wildman–Crippen LogP) is 4.10. The van der Waals surface area contributed by atoms with Crippen LogP contribution >= 0.6 is 0 Å². The first-order valence-corrected chi connectivity index (χ1v) is 8.26. The summed E-state index contributed by atoms with van der Waals surface area (Å²) in [5.41, 5.74) is 1.88. The molecule has 132 valence electrons. The number of hydrogen-bond donors (Lipinski definition) is 0. The molecule has 5 heteroatoms. The van der Waals surface area contributed by atoms with Gasteiger partial charge in [-0.25, -0.2) is 9.79 Å². The quantitative estimate of drug-likeness (QED) is 0.582. The molecule has 0 radical (unpaired) electrons. The number of para-hydroxylation sites is 2.